The zero-order valence-electron chi connectivity index (χ0n) is 9.34. The molecule has 2 aromatic rings. The van der Waals surface area contributed by atoms with Gasteiger partial charge >= 0.3 is 0 Å². The van der Waals surface area contributed by atoms with Crippen molar-refractivity contribution in [1.29, 1.82) is 0 Å². The molecule has 0 bridgehead atoms. The van der Waals surface area contributed by atoms with Crippen molar-refractivity contribution < 1.29 is 4.79 Å². The first kappa shape index (κ1) is 12.3. The van der Waals surface area contributed by atoms with Crippen LogP contribution in [0.4, 0.5) is 0 Å². The summed E-state index contributed by atoms with van der Waals surface area (Å²) >= 11 is 3.06. The molecule has 17 heavy (non-hydrogen) atoms. The van der Waals surface area contributed by atoms with E-state index in [0.717, 1.165) is 14.6 Å². The zero-order valence-corrected chi connectivity index (χ0v) is 11.0. The predicted molar refractivity (Wildman–Crippen MR) is 72.1 cm³/mol. The summed E-state index contributed by atoms with van der Waals surface area (Å²) in [7, 11) is 0. The monoisotopic (exact) mass is 267 g/mol. The van der Waals surface area contributed by atoms with E-state index >= 15 is 0 Å². The topological polar surface area (TPSA) is 82.0 Å². The molecular weight excluding hydrogens is 254 g/mol. The lowest BCUT2D eigenvalue weighted by molar-refractivity contribution is -0.121. The quantitative estimate of drug-likeness (QED) is 0.824. The van der Waals surface area contributed by atoms with Crippen LogP contribution in [0.2, 0.25) is 0 Å². The number of nitrogens with zero attached hydrogens (tertiary/aromatic N) is 1. The van der Waals surface area contributed by atoms with Crippen molar-refractivity contribution in [3.8, 4) is 0 Å². The Morgan fingerprint density at radius 3 is 2.88 bits per heavy atom. The smallest absolute Gasteiger partial charge is 0.238 e. The van der Waals surface area contributed by atoms with Gasteiger partial charge in [-0.25, -0.2) is 4.98 Å². The van der Waals surface area contributed by atoms with Gasteiger partial charge in [0.15, 0.2) is 4.34 Å². The highest BCUT2D eigenvalue weighted by Gasteiger charge is 2.26. The molecule has 0 saturated heterocycles. The summed E-state index contributed by atoms with van der Waals surface area (Å²) in [6.45, 7) is 1.63. The van der Waals surface area contributed by atoms with Crippen LogP contribution in [0.15, 0.2) is 28.6 Å². The second kappa shape index (κ2) is 4.64. The van der Waals surface area contributed by atoms with Gasteiger partial charge in [-0.2, -0.15) is 0 Å². The number of thiazole rings is 1. The number of rotatable bonds is 4. The van der Waals surface area contributed by atoms with E-state index in [0.29, 0.717) is 5.75 Å². The Morgan fingerprint density at radius 1 is 1.53 bits per heavy atom. The number of fused-ring (bicyclic) bond motifs is 1. The van der Waals surface area contributed by atoms with Gasteiger partial charge in [0.05, 0.1) is 10.2 Å². The summed E-state index contributed by atoms with van der Waals surface area (Å²) in [4.78, 5) is 15.5. The van der Waals surface area contributed by atoms with Crippen LogP contribution in [0.3, 0.4) is 0 Å². The number of hydrogen-bond donors (Lipinski definition) is 2. The number of carbonyl (C=O) groups excluding carboxylic acids is 1. The van der Waals surface area contributed by atoms with E-state index in [9.17, 15) is 4.79 Å². The molecule has 0 radical (unpaired) electrons. The van der Waals surface area contributed by atoms with Crippen molar-refractivity contribution in [1.82, 2.24) is 4.98 Å². The van der Waals surface area contributed by atoms with Gasteiger partial charge in [-0.3, -0.25) is 4.79 Å². The molecule has 4 nitrogen and oxygen atoms in total. The van der Waals surface area contributed by atoms with Gasteiger partial charge in [0.25, 0.3) is 0 Å². The standard InChI is InChI=1S/C11H13N3OS2/c1-11(13,9(12)15)6-16-10-14-7-4-2-3-5-8(7)17-10/h2-5H,6,13H2,1H3,(H2,12,15). The molecule has 1 atom stereocenters. The fraction of sp³-hybridized carbons (Fsp3) is 0.273. The first-order valence-corrected chi connectivity index (χ1v) is 6.86. The molecule has 1 amide bonds. The number of para-hydroxylation sites is 1. The molecule has 1 unspecified atom stereocenters. The normalized spacial score (nSPS) is 14.7. The summed E-state index contributed by atoms with van der Waals surface area (Å²) in [5.74, 6) is -0.0616. The van der Waals surface area contributed by atoms with Gasteiger partial charge in [0, 0.05) is 5.75 Å². The van der Waals surface area contributed by atoms with Crippen LogP contribution in [-0.2, 0) is 4.79 Å². The SMILES string of the molecule is CC(N)(CSc1nc2ccccc2s1)C(N)=O. The van der Waals surface area contributed by atoms with Crippen molar-refractivity contribution in [2.24, 2.45) is 11.5 Å². The van der Waals surface area contributed by atoms with Crippen LogP contribution >= 0.6 is 23.1 Å². The summed E-state index contributed by atoms with van der Waals surface area (Å²) < 4.78 is 2.04. The number of hydrogen-bond acceptors (Lipinski definition) is 5. The highest BCUT2D eigenvalue weighted by atomic mass is 32.2. The fourth-order valence-corrected chi connectivity index (χ4v) is 3.30. The van der Waals surface area contributed by atoms with Crippen molar-refractivity contribution in [3.63, 3.8) is 0 Å². The molecule has 0 aliphatic carbocycles. The Hall–Kier alpha value is -1.11. The molecule has 0 fully saturated rings. The Labute approximate surface area is 107 Å². The number of benzene rings is 1. The van der Waals surface area contributed by atoms with Crippen LogP contribution in [0.1, 0.15) is 6.92 Å². The van der Waals surface area contributed by atoms with E-state index in [1.807, 2.05) is 24.3 Å². The van der Waals surface area contributed by atoms with Gasteiger partial charge in [0.1, 0.15) is 5.54 Å². The van der Waals surface area contributed by atoms with Gasteiger partial charge in [-0.1, -0.05) is 23.9 Å². The highest BCUT2D eigenvalue weighted by Crippen LogP contribution is 2.30. The third-order valence-corrected chi connectivity index (χ3v) is 4.85. The summed E-state index contributed by atoms with van der Waals surface area (Å²) in [5.41, 5.74) is 11.0. The molecule has 1 heterocycles. The summed E-state index contributed by atoms with van der Waals surface area (Å²) in [6, 6.07) is 7.91. The lowest BCUT2D eigenvalue weighted by atomic mass is 10.1. The van der Waals surface area contributed by atoms with E-state index in [1.165, 1.54) is 11.8 Å². The maximum Gasteiger partial charge on any atom is 0.238 e. The number of thioether (sulfide) groups is 1. The maximum absolute atomic E-state index is 11.1. The molecular formula is C11H13N3OS2. The molecule has 0 spiro atoms. The van der Waals surface area contributed by atoms with Crippen molar-refractivity contribution >= 4 is 39.2 Å². The molecule has 1 aromatic carbocycles. The summed E-state index contributed by atoms with van der Waals surface area (Å²) in [5, 5.41) is 0. The second-order valence-electron chi connectivity index (χ2n) is 4.02. The van der Waals surface area contributed by atoms with Gasteiger partial charge in [0.2, 0.25) is 5.91 Å². The number of amides is 1. The molecule has 4 N–H and O–H groups in total. The number of nitrogens with two attached hydrogens (primary N) is 2. The van der Waals surface area contributed by atoms with Crippen LogP contribution in [-0.4, -0.2) is 22.2 Å². The molecule has 0 aliphatic heterocycles. The third-order valence-electron chi connectivity index (χ3n) is 2.33. The van der Waals surface area contributed by atoms with Crippen LogP contribution in [0.5, 0.6) is 0 Å². The van der Waals surface area contributed by atoms with Crippen molar-refractivity contribution in [2.75, 3.05) is 5.75 Å². The van der Waals surface area contributed by atoms with E-state index in [-0.39, 0.29) is 0 Å². The first-order valence-electron chi connectivity index (χ1n) is 5.06. The Kier molecular flexibility index (Phi) is 3.37. The molecule has 0 aliphatic rings. The Morgan fingerprint density at radius 2 is 2.24 bits per heavy atom. The van der Waals surface area contributed by atoms with Crippen LogP contribution < -0.4 is 11.5 Å². The molecule has 1 aromatic heterocycles. The number of aromatic nitrogens is 1. The highest BCUT2D eigenvalue weighted by molar-refractivity contribution is 8.01. The second-order valence-corrected chi connectivity index (χ2v) is 6.27. The van der Waals surface area contributed by atoms with Gasteiger partial charge in [-0.15, -0.1) is 11.3 Å². The van der Waals surface area contributed by atoms with Gasteiger partial charge in [-0.05, 0) is 19.1 Å². The number of carbonyl (C=O) groups is 1. The lowest BCUT2D eigenvalue weighted by Crippen LogP contribution is -2.51. The average molecular weight is 267 g/mol. The molecule has 2 rings (SSSR count). The minimum Gasteiger partial charge on any atom is -0.368 e. The van der Waals surface area contributed by atoms with E-state index in [1.54, 1.807) is 18.3 Å². The molecule has 90 valence electrons. The largest absolute Gasteiger partial charge is 0.368 e. The minimum absolute atomic E-state index is 0.433. The fourth-order valence-electron chi connectivity index (χ4n) is 1.20. The number of primary amides is 1. The average Bonchev–Trinajstić information content (AvgIpc) is 2.69. The van der Waals surface area contributed by atoms with Crippen molar-refractivity contribution in [3.05, 3.63) is 24.3 Å². The predicted octanol–water partition coefficient (Wildman–Crippen LogP) is 1.59. The molecule has 6 heteroatoms. The van der Waals surface area contributed by atoms with Gasteiger partial charge < -0.3 is 11.5 Å². The van der Waals surface area contributed by atoms with Crippen LogP contribution in [0.25, 0.3) is 10.2 Å². The lowest BCUT2D eigenvalue weighted by Gasteiger charge is -2.18. The first-order chi connectivity index (χ1) is 7.99. The van der Waals surface area contributed by atoms with Crippen LogP contribution in [0, 0.1) is 0 Å². The third kappa shape index (κ3) is 2.77. The Balaban J connectivity index is 2.12. The van der Waals surface area contributed by atoms with E-state index in [4.69, 9.17) is 11.5 Å². The van der Waals surface area contributed by atoms with Crippen molar-refractivity contribution in [2.45, 2.75) is 16.8 Å². The molecule has 0 saturated carbocycles. The summed E-state index contributed by atoms with van der Waals surface area (Å²) in [6.07, 6.45) is 0. The maximum atomic E-state index is 11.1. The van der Waals surface area contributed by atoms with E-state index < -0.39 is 11.4 Å². The Bertz CT molecular complexity index is 517. The minimum atomic E-state index is -0.997. The van der Waals surface area contributed by atoms with E-state index in [2.05, 4.69) is 4.98 Å². The zero-order chi connectivity index (χ0) is 12.5.